The van der Waals surface area contributed by atoms with Gasteiger partial charge in [0.25, 0.3) is 5.92 Å². The van der Waals surface area contributed by atoms with E-state index in [2.05, 4.69) is 5.32 Å². The molecule has 1 aromatic carbocycles. The number of rotatable bonds is 5. The summed E-state index contributed by atoms with van der Waals surface area (Å²) in [5, 5.41) is 3.12. The number of nitrogens with one attached hydrogen (secondary N) is 1. The lowest BCUT2D eigenvalue weighted by molar-refractivity contribution is -0.130. The van der Waals surface area contributed by atoms with Crippen LogP contribution in [0.2, 0.25) is 0 Å². The third kappa shape index (κ3) is 3.65. The van der Waals surface area contributed by atoms with E-state index in [4.69, 9.17) is 10.5 Å². The number of halogens is 2. The molecule has 23 heavy (non-hydrogen) atoms. The molecule has 0 bridgehead atoms. The van der Waals surface area contributed by atoms with E-state index in [1.807, 2.05) is 12.1 Å². The number of thiophene rings is 1. The molecule has 8 heteroatoms. The van der Waals surface area contributed by atoms with Gasteiger partial charge in [0.2, 0.25) is 5.91 Å². The summed E-state index contributed by atoms with van der Waals surface area (Å²) in [6.07, 6.45) is 0. The maximum absolute atomic E-state index is 13.1. The molecular weight excluding hydrogens is 326 g/mol. The summed E-state index contributed by atoms with van der Waals surface area (Å²) in [5.74, 6) is -4.85. The average molecular weight is 342 g/mol. The van der Waals surface area contributed by atoms with Crippen LogP contribution in [0, 0.1) is 0 Å². The van der Waals surface area contributed by atoms with E-state index in [0.717, 1.165) is 10.1 Å². The van der Waals surface area contributed by atoms with Gasteiger partial charge in [0.15, 0.2) is 0 Å². The van der Waals surface area contributed by atoms with Crippen molar-refractivity contribution in [1.82, 2.24) is 5.32 Å². The predicted octanol–water partition coefficient (Wildman–Crippen LogP) is 2.29. The first-order valence-corrected chi connectivity index (χ1v) is 7.57. The fourth-order valence-corrected chi connectivity index (χ4v) is 3.19. The summed E-state index contributed by atoms with van der Waals surface area (Å²) < 4.78 is 31.7. The minimum absolute atomic E-state index is 0.0863. The number of alkyl halides is 2. The molecule has 2 rings (SSSR count). The lowest BCUT2D eigenvalue weighted by Gasteiger charge is -2.18. The van der Waals surface area contributed by atoms with Crippen LogP contribution in [-0.2, 0) is 16.1 Å². The summed E-state index contributed by atoms with van der Waals surface area (Å²) in [7, 11) is 1.25. The smallest absolute Gasteiger partial charge is 0.348 e. The molecule has 3 N–H and O–H groups in total. The van der Waals surface area contributed by atoms with E-state index in [9.17, 15) is 18.4 Å². The van der Waals surface area contributed by atoms with Crippen molar-refractivity contribution in [3.8, 4) is 0 Å². The molecule has 2 aromatic rings. The van der Waals surface area contributed by atoms with Crippen molar-refractivity contribution in [1.29, 1.82) is 0 Å². The Hall–Kier alpha value is -2.06. The number of amides is 1. The second kappa shape index (κ2) is 6.59. The number of carbonyl (C=O) groups is 2. The molecule has 5 nitrogen and oxygen atoms in total. The van der Waals surface area contributed by atoms with Gasteiger partial charge in [-0.25, -0.2) is 13.6 Å². The van der Waals surface area contributed by atoms with E-state index >= 15 is 0 Å². The minimum atomic E-state index is -3.33. The molecule has 124 valence electrons. The lowest BCUT2D eigenvalue weighted by Crippen LogP contribution is -2.50. The quantitative estimate of drug-likeness (QED) is 0.817. The molecule has 0 spiro atoms. The van der Waals surface area contributed by atoms with Gasteiger partial charge in [-0.2, -0.15) is 0 Å². The number of hydrogen-bond donors (Lipinski definition) is 2. The molecule has 1 heterocycles. The van der Waals surface area contributed by atoms with Crippen LogP contribution in [0.15, 0.2) is 24.3 Å². The fourth-order valence-electron chi connectivity index (χ4n) is 2.05. The van der Waals surface area contributed by atoms with E-state index in [0.29, 0.717) is 17.4 Å². The Morgan fingerprint density at radius 3 is 2.65 bits per heavy atom. The van der Waals surface area contributed by atoms with Crippen molar-refractivity contribution in [3.05, 3.63) is 34.7 Å². The highest BCUT2D eigenvalue weighted by molar-refractivity contribution is 7.21. The number of esters is 1. The predicted molar refractivity (Wildman–Crippen MR) is 83.6 cm³/mol. The largest absolute Gasteiger partial charge is 0.465 e. The Balaban J connectivity index is 2.28. The topological polar surface area (TPSA) is 81.4 Å². The van der Waals surface area contributed by atoms with Crippen molar-refractivity contribution in [2.45, 2.75) is 25.4 Å². The summed E-state index contributed by atoms with van der Waals surface area (Å²) in [5.41, 5.74) is 5.74. The molecule has 0 fully saturated rings. The maximum atomic E-state index is 13.1. The van der Waals surface area contributed by atoms with Crippen LogP contribution in [0.3, 0.4) is 0 Å². The Morgan fingerprint density at radius 2 is 2.04 bits per heavy atom. The van der Waals surface area contributed by atoms with Crippen molar-refractivity contribution in [3.63, 3.8) is 0 Å². The van der Waals surface area contributed by atoms with Crippen LogP contribution in [0.25, 0.3) is 10.1 Å². The number of methoxy groups -OCH3 is 1. The maximum Gasteiger partial charge on any atom is 0.348 e. The number of carbonyl (C=O) groups excluding carboxylic acids is 2. The second-order valence-electron chi connectivity index (χ2n) is 5.05. The zero-order valence-electron chi connectivity index (χ0n) is 12.6. The summed E-state index contributed by atoms with van der Waals surface area (Å²) in [6.45, 7) is 0.494. The van der Waals surface area contributed by atoms with Crippen LogP contribution >= 0.6 is 11.3 Å². The number of fused-ring (bicyclic) bond motifs is 1. The second-order valence-corrected chi connectivity index (χ2v) is 6.10. The molecule has 1 atom stereocenters. The van der Waals surface area contributed by atoms with E-state index < -0.39 is 23.8 Å². The van der Waals surface area contributed by atoms with Crippen molar-refractivity contribution < 1.29 is 23.1 Å². The van der Waals surface area contributed by atoms with E-state index in [1.54, 1.807) is 12.1 Å². The first kappa shape index (κ1) is 17.3. The first-order chi connectivity index (χ1) is 10.8. The molecule has 1 aromatic heterocycles. The van der Waals surface area contributed by atoms with E-state index in [-0.39, 0.29) is 6.54 Å². The summed E-state index contributed by atoms with van der Waals surface area (Å²) in [4.78, 5) is 23.9. The molecule has 0 aliphatic heterocycles. The average Bonchev–Trinajstić information content (AvgIpc) is 2.88. The van der Waals surface area contributed by atoms with Crippen molar-refractivity contribution >= 4 is 33.3 Å². The summed E-state index contributed by atoms with van der Waals surface area (Å²) >= 11 is 1.22. The van der Waals surface area contributed by atoms with Gasteiger partial charge < -0.3 is 15.8 Å². The van der Waals surface area contributed by atoms with E-state index in [1.165, 1.54) is 18.4 Å². The van der Waals surface area contributed by atoms with Crippen LogP contribution in [0.4, 0.5) is 8.78 Å². The molecule has 0 saturated carbocycles. The van der Waals surface area contributed by atoms with Crippen LogP contribution in [-0.4, -0.2) is 31.0 Å². The van der Waals surface area contributed by atoms with Gasteiger partial charge in [0, 0.05) is 23.7 Å². The van der Waals surface area contributed by atoms with Gasteiger partial charge in [0.05, 0.1) is 7.11 Å². The third-order valence-electron chi connectivity index (χ3n) is 3.34. The molecule has 0 aliphatic carbocycles. The van der Waals surface area contributed by atoms with Gasteiger partial charge in [-0.3, -0.25) is 4.79 Å². The zero-order valence-corrected chi connectivity index (χ0v) is 13.4. The highest BCUT2D eigenvalue weighted by atomic mass is 32.1. The van der Waals surface area contributed by atoms with Gasteiger partial charge in [-0.15, -0.1) is 11.3 Å². The van der Waals surface area contributed by atoms with Gasteiger partial charge in [-0.05, 0) is 11.5 Å². The first-order valence-electron chi connectivity index (χ1n) is 6.75. The Morgan fingerprint density at radius 1 is 1.39 bits per heavy atom. The number of benzene rings is 1. The van der Waals surface area contributed by atoms with Crippen molar-refractivity contribution in [2.24, 2.45) is 5.73 Å². The normalized spacial score (nSPS) is 12.9. The monoisotopic (exact) mass is 342 g/mol. The molecule has 0 aliphatic rings. The Kier molecular flexibility index (Phi) is 4.96. The van der Waals surface area contributed by atoms with Gasteiger partial charge in [-0.1, -0.05) is 18.2 Å². The molecular formula is C15H16F2N2O3S. The molecule has 1 unspecified atom stereocenters. The Bertz CT molecular complexity index is 740. The molecule has 0 radical (unpaired) electrons. The van der Waals surface area contributed by atoms with Crippen molar-refractivity contribution in [2.75, 3.05) is 7.11 Å². The standard InChI is InChI=1S/C15H16F2N2O3S/c1-15(16,17)12(18)13(20)19-7-9-8-5-3-4-6-10(8)23-11(9)14(21)22-2/h3-6,12H,7,18H2,1-2H3,(H,19,20). The van der Waals surface area contributed by atoms with Gasteiger partial charge >= 0.3 is 5.97 Å². The van der Waals surface area contributed by atoms with Crippen LogP contribution < -0.4 is 11.1 Å². The zero-order chi connectivity index (χ0) is 17.2. The molecule has 0 saturated heterocycles. The summed E-state index contributed by atoms with van der Waals surface area (Å²) in [6, 6.07) is 5.26. The number of hydrogen-bond acceptors (Lipinski definition) is 5. The SMILES string of the molecule is COC(=O)c1sc2ccccc2c1CNC(=O)C(N)C(C)(F)F. The highest BCUT2D eigenvalue weighted by Gasteiger charge is 2.36. The van der Waals surface area contributed by atoms with Gasteiger partial charge in [0.1, 0.15) is 10.9 Å². The highest BCUT2D eigenvalue weighted by Crippen LogP contribution is 2.31. The third-order valence-corrected chi connectivity index (χ3v) is 4.53. The molecule has 1 amide bonds. The lowest BCUT2D eigenvalue weighted by atomic mass is 10.1. The fraction of sp³-hybridized carbons (Fsp3) is 0.333. The number of nitrogens with two attached hydrogens (primary N) is 1. The van der Waals surface area contributed by atoms with Crippen LogP contribution in [0.1, 0.15) is 22.2 Å². The van der Waals surface area contributed by atoms with Crippen LogP contribution in [0.5, 0.6) is 0 Å². The Labute approximate surface area is 135 Å². The number of ether oxygens (including phenoxy) is 1. The minimum Gasteiger partial charge on any atom is -0.465 e.